The summed E-state index contributed by atoms with van der Waals surface area (Å²) < 4.78 is 25.7. The summed E-state index contributed by atoms with van der Waals surface area (Å²) in [5.41, 5.74) is 0. The van der Waals surface area contributed by atoms with Crippen molar-refractivity contribution in [2.75, 3.05) is 0 Å². The quantitative estimate of drug-likeness (QED) is 0.692. The van der Waals surface area contributed by atoms with E-state index < -0.39 is 6.43 Å². The van der Waals surface area contributed by atoms with Gasteiger partial charge < -0.3 is 0 Å². The van der Waals surface area contributed by atoms with Gasteiger partial charge in [-0.2, -0.15) is 0 Å². The molecule has 0 atom stereocenters. The molecule has 14 heavy (non-hydrogen) atoms. The molecule has 0 radical (unpaired) electrons. The van der Waals surface area contributed by atoms with Gasteiger partial charge in [0.25, 0.3) is 6.43 Å². The van der Waals surface area contributed by atoms with Crippen LogP contribution in [0.2, 0.25) is 5.02 Å². The molecule has 1 aromatic heterocycles. The first-order valence-corrected chi connectivity index (χ1v) is 5.43. The Hall–Kier alpha value is -0.320. The number of halogens is 3. The zero-order chi connectivity index (χ0) is 10.3. The highest BCUT2D eigenvalue weighted by atomic mass is 35.5. The molecule has 74 valence electrons. The number of rotatable bonds is 1. The minimum Gasteiger partial charge on any atom is -0.204 e. The third-order valence-corrected chi connectivity index (χ3v) is 4.17. The monoisotopic (exact) mass is 250 g/mol. The Morgan fingerprint density at radius 2 is 2.07 bits per heavy atom. The van der Waals surface area contributed by atoms with Crippen LogP contribution in [0.15, 0.2) is 23.1 Å². The second kappa shape index (κ2) is 3.68. The van der Waals surface area contributed by atoms with Crippen molar-refractivity contribution in [3.8, 4) is 0 Å². The summed E-state index contributed by atoms with van der Waals surface area (Å²) in [5.74, 6) is 0. The van der Waals surface area contributed by atoms with Gasteiger partial charge in [0.2, 0.25) is 0 Å². The summed E-state index contributed by atoms with van der Waals surface area (Å²) in [6.45, 7) is 0. The molecule has 2 aromatic rings. The van der Waals surface area contributed by atoms with Crippen molar-refractivity contribution < 1.29 is 8.78 Å². The second-order valence-electron chi connectivity index (χ2n) is 2.73. The Kier molecular flexibility index (Phi) is 2.68. The maximum Gasteiger partial charge on any atom is 0.273 e. The van der Waals surface area contributed by atoms with Crippen LogP contribution in [0.3, 0.4) is 0 Å². The first kappa shape index (κ1) is 10.2. The Morgan fingerprint density at radius 3 is 2.64 bits per heavy atom. The Morgan fingerprint density at radius 1 is 1.36 bits per heavy atom. The van der Waals surface area contributed by atoms with E-state index in [1.807, 2.05) is 0 Å². The van der Waals surface area contributed by atoms with Crippen molar-refractivity contribution in [3.05, 3.63) is 28.1 Å². The lowest BCUT2D eigenvalue weighted by atomic mass is 10.2. The van der Waals surface area contributed by atoms with Crippen molar-refractivity contribution in [2.45, 2.75) is 11.3 Å². The minimum atomic E-state index is -2.49. The second-order valence-corrected chi connectivity index (χ2v) is 4.64. The molecule has 2 rings (SSSR count). The summed E-state index contributed by atoms with van der Waals surface area (Å²) in [6, 6.07) is 5.15. The van der Waals surface area contributed by atoms with Crippen molar-refractivity contribution in [2.24, 2.45) is 0 Å². The SMILES string of the molecule is FC(F)c1sc2c(Cl)cccc2c1S. The summed E-state index contributed by atoms with van der Waals surface area (Å²) in [6.07, 6.45) is -2.49. The Bertz CT molecular complexity index is 479. The van der Waals surface area contributed by atoms with Crippen LogP contribution in [0, 0.1) is 0 Å². The van der Waals surface area contributed by atoms with E-state index in [9.17, 15) is 8.78 Å². The van der Waals surface area contributed by atoms with E-state index in [1.165, 1.54) is 0 Å². The van der Waals surface area contributed by atoms with Gasteiger partial charge in [-0.15, -0.1) is 24.0 Å². The fraction of sp³-hybridized carbons (Fsp3) is 0.111. The third-order valence-electron chi connectivity index (χ3n) is 1.87. The van der Waals surface area contributed by atoms with Crippen LogP contribution in [0.5, 0.6) is 0 Å². The largest absolute Gasteiger partial charge is 0.273 e. The van der Waals surface area contributed by atoms with Crippen LogP contribution in [0.25, 0.3) is 10.1 Å². The summed E-state index contributed by atoms with van der Waals surface area (Å²) in [7, 11) is 0. The number of alkyl halides is 2. The molecule has 0 N–H and O–H groups in total. The number of thiophene rings is 1. The molecule has 0 saturated carbocycles. The highest BCUT2D eigenvalue weighted by Crippen LogP contribution is 2.42. The van der Waals surface area contributed by atoms with Gasteiger partial charge in [-0.1, -0.05) is 23.7 Å². The average Bonchev–Trinajstić information content (AvgIpc) is 2.46. The number of hydrogen-bond acceptors (Lipinski definition) is 2. The molecule has 1 heterocycles. The molecule has 0 aliphatic heterocycles. The highest BCUT2D eigenvalue weighted by Gasteiger charge is 2.18. The number of hydrogen-bond donors (Lipinski definition) is 1. The van der Waals surface area contributed by atoms with E-state index in [0.717, 1.165) is 11.3 Å². The lowest BCUT2D eigenvalue weighted by Crippen LogP contribution is -1.77. The fourth-order valence-electron chi connectivity index (χ4n) is 1.24. The number of benzene rings is 1. The molecule has 0 spiro atoms. The van der Waals surface area contributed by atoms with Crippen LogP contribution in [-0.2, 0) is 0 Å². The smallest absolute Gasteiger partial charge is 0.204 e. The van der Waals surface area contributed by atoms with Gasteiger partial charge in [-0.3, -0.25) is 0 Å². The molecular weight excluding hydrogens is 246 g/mol. The van der Waals surface area contributed by atoms with Gasteiger partial charge in [-0.05, 0) is 6.07 Å². The molecule has 0 nitrogen and oxygen atoms in total. The van der Waals surface area contributed by atoms with Crippen molar-refractivity contribution in [1.82, 2.24) is 0 Å². The van der Waals surface area contributed by atoms with Crippen LogP contribution in [0.4, 0.5) is 8.78 Å². The predicted octanol–water partition coefficient (Wildman–Crippen LogP) is 4.78. The molecule has 0 aliphatic rings. The molecule has 0 amide bonds. The van der Waals surface area contributed by atoms with Gasteiger partial charge in [0.15, 0.2) is 0 Å². The Balaban J connectivity index is 2.80. The molecule has 0 aliphatic carbocycles. The molecular formula is C9H5ClF2S2. The van der Waals surface area contributed by atoms with E-state index in [-0.39, 0.29) is 4.88 Å². The van der Waals surface area contributed by atoms with Gasteiger partial charge in [0.1, 0.15) is 0 Å². The van der Waals surface area contributed by atoms with Gasteiger partial charge in [0, 0.05) is 10.3 Å². The molecule has 0 saturated heterocycles. The fourth-order valence-corrected chi connectivity index (χ4v) is 2.99. The summed E-state index contributed by atoms with van der Waals surface area (Å²) in [4.78, 5) is 0.318. The third kappa shape index (κ3) is 1.51. The Labute approximate surface area is 93.9 Å². The topological polar surface area (TPSA) is 0 Å². The zero-order valence-electron chi connectivity index (χ0n) is 6.80. The van der Waals surface area contributed by atoms with Crippen molar-refractivity contribution in [1.29, 1.82) is 0 Å². The van der Waals surface area contributed by atoms with E-state index in [0.29, 0.717) is 20.0 Å². The highest BCUT2D eigenvalue weighted by molar-refractivity contribution is 7.80. The van der Waals surface area contributed by atoms with Crippen LogP contribution in [0.1, 0.15) is 11.3 Å². The maximum atomic E-state index is 12.5. The molecule has 0 bridgehead atoms. The number of thiol groups is 1. The first-order chi connectivity index (χ1) is 6.61. The van der Waals surface area contributed by atoms with Crippen molar-refractivity contribution >= 4 is 45.7 Å². The lowest BCUT2D eigenvalue weighted by molar-refractivity contribution is 0.153. The van der Waals surface area contributed by atoms with Crippen molar-refractivity contribution in [3.63, 3.8) is 0 Å². The van der Waals surface area contributed by atoms with Crippen LogP contribution >= 0.6 is 35.6 Å². The van der Waals surface area contributed by atoms with E-state index in [1.54, 1.807) is 18.2 Å². The zero-order valence-corrected chi connectivity index (χ0v) is 9.27. The molecule has 0 unspecified atom stereocenters. The van der Waals surface area contributed by atoms with E-state index in [2.05, 4.69) is 12.6 Å². The normalized spacial score (nSPS) is 11.5. The molecule has 5 heteroatoms. The van der Waals surface area contributed by atoms with E-state index in [4.69, 9.17) is 11.6 Å². The van der Waals surface area contributed by atoms with Crippen LogP contribution < -0.4 is 0 Å². The van der Waals surface area contributed by atoms with Gasteiger partial charge in [-0.25, -0.2) is 8.78 Å². The standard InChI is InChI=1S/C9H5ClF2S2/c10-5-3-1-2-4-6(13)8(9(11)12)14-7(4)5/h1-3,9,13H. The molecule has 0 fully saturated rings. The maximum absolute atomic E-state index is 12.5. The molecule has 1 aromatic carbocycles. The van der Waals surface area contributed by atoms with Gasteiger partial charge >= 0.3 is 0 Å². The lowest BCUT2D eigenvalue weighted by Gasteiger charge is -1.94. The predicted molar refractivity (Wildman–Crippen MR) is 59.0 cm³/mol. The average molecular weight is 251 g/mol. The summed E-state index contributed by atoms with van der Waals surface area (Å²) >= 11 is 11.0. The summed E-state index contributed by atoms with van der Waals surface area (Å²) in [5, 5.41) is 1.19. The number of fused-ring (bicyclic) bond motifs is 1. The minimum absolute atomic E-state index is 0.0172. The first-order valence-electron chi connectivity index (χ1n) is 3.79. The van der Waals surface area contributed by atoms with E-state index >= 15 is 0 Å². The van der Waals surface area contributed by atoms with Crippen LogP contribution in [-0.4, -0.2) is 0 Å². The van der Waals surface area contributed by atoms with Gasteiger partial charge in [0.05, 0.1) is 14.6 Å².